The molecule has 0 amide bonds. The molecule has 0 aliphatic carbocycles. The fourth-order valence-electron chi connectivity index (χ4n) is 1.44. The Balaban J connectivity index is 2.57. The third-order valence-corrected chi connectivity index (χ3v) is 2.85. The van der Waals surface area contributed by atoms with E-state index in [2.05, 4.69) is 5.32 Å². The molecular formula is C12H17ClFNO2. The van der Waals surface area contributed by atoms with Crippen molar-refractivity contribution in [2.45, 2.75) is 19.3 Å². The molecule has 0 saturated heterocycles. The molecule has 5 heteroatoms. The minimum absolute atomic E-state index is 0.0425. The molecule has 0 aliphatic heterocycles. The van der Waals surface area contributed by atoms with Gasteiger partial charge in [-0.15, -0.1) is 0 Å². The van der Waals surface area contributed by atoms with Gasteiger partial charge in [-0.05, 0) is 24.6 Å². The molecule has 0 aromatic heterocycles. The predicted octanol–water partition coefficient (Wildman–Crippen LogP) is 2.75. The van der Waals surface area contributed by atoms with Gasteiger partial charge in [0.25, 0.3) is 0 Å². The summed E-state index contributed by atoms with van der Waals surface area (Å²) in [6.07, 6.45) is -0.298. The normalized spacial score (nSPS) is 13.1. The number of nitrogens with one attached hydrogen (secondary N) is 1. The zero-order valence-electron chi connectivity index (χ0n) is 10.2. The summed E-state index contributed by atoms with van der Waals surface area (Å²) in [4.78, 5) is 0. The molecule has 17 heavy (non-hydrogen) atoms. The van der Waals surface area contributed by atoms with E-state index in [0.717, 1.165) is 5.56 Å². The van der Waals surface area contributed by atoms with Crippen LogP contribution in [0.5, 0.6) is 0 Å². The summed E-state index contributed by atoms with van der Waals surface area (Å²) in [5.74, 6) is -0.408. The standard InChI is InChI=1S/C12H17ClFNO2/c1-8(15-7-12(16-2)17-3)9-4-5-11(14)10(13)6-9/h4-6,8,12,15H,7H2,1-3H3. The van der Waals surface area contributed by atoms with E-state index in [0.29, 0.717) is 6.54 Å². The summed E-state index contributed by atoms with van der Waals surface area (Å²) in [7, 11) is 3.16. The van der Waals surface area contributed by atoms with E-state index < -0.39 is 5.82 Å². The monoisotopic (exact) mass is 261 g/mol. The Morgan fingerprint density at radius 1 is 1.35 bits per heavy atom. The molecule has 96 valence electrons. The van der Waals surface area contributed by atoms with Crippen molar-refractivity contribution in [2.24, 2.45) is 0 Å². The van der Waals surface area contributed by atoms with Crippen LogP contribution in [0.25, 0.3) is 0 Å². The number of methoxy groups -OCH3 is 2. The van der Waals surface area contributed by atoms with Crippen molar-refractivity contribution in [3.05, 3.63) is 34.6 Å². The van der Waals surface area contributed by atoms with Gasteiger partial charge < -0.3 is 14.8 Å². The lowest BCUT2D eigenvalue weighted by atomic mass is 10.1. The first-order valence-corrected chi connectivity index (χ1v) is 5.70. The maximum atomic E-state index is 13.0. The summed E-state index contributed by atoms with van der Waals surface area (Å²) in [5, 5.41) is 3.35. The third-order valence-electron chi connectivity index (χ3n) is 2.56. The lowest BCUT2D eigenvalue weighted by Crippen LogP contribution is -2.31. The van der Waals surface area contributed by atoms with E-state index in [4.69, 9.17) is 21.1 Å². The van der Waals surface area contributed by atoms with Crippen LogP contribution in [0.3, 0.4) is 0 Å². The number of hydrogen-bond acceptors (Lipinski definition) is 3. The van der Waals surface area contributed by atoms with Crippen LogP contribution < -0.4 is 5.32 Å². The van der Waals surface area contributed by atoms with Crippen LogP contribution in [0.15, 0.2) is 18.2 Å². The molecule has 0 bridgehead atoms. The zero-order valence-corrected chi connectivity index (χ0v) is 10.9. The second kappa shape index (κ2) is 6.91. The van der Waals surface area contributed by atoms with Gasteiger partial charge in [0.15, 0.2) is 6.29 Å². The van der Waals surface area contributed by atoms with Gasteiger partial charge in [0, 0.05) is 26.8 Å². The average Bonchev–Trinajstić information content (AvgIpc) is 2.33. The number of ether oxygens (including phenoxy) is 2. The molecule has 1 unspecified atom stereocenters. The van der Waals surface area contributed by atoms with Crippen molar-refractivity contribution >= 4 is 11.6 Å². The minimum Gasteiger partial charge on any atom is -0.355 e. The smallest absolute Gasteiger partial charge is 0.169 e. The second-order valence-corrected chi connectivity index (χ2v) is 4.11. The maximum absolute atomic E-state index is 13.0. The molecule has 3 nitrogen and oxygen atoms in total. The summed E-state index contributed by atoms with van der Waals surface area (Å²) in [6.45, 7) is 2.51. The fourth-order valence-corrected chi connectivity index (χ4v) is 1.62. The van der Waals surface area contributed by atoms with Gasteiger partial charge in [-0.1, -0.05) is 17.7 Å². The Kier molecular flexibility index (Phi) is 5.85. The largest absolute Gasteiger partial charge is 0.355 e. The molecule has 0 saturated carbocycles. The van der Waals surface area contributed by atoms with Crippen LogP contribution in [-0.2, 0) is 9.47 Å². The van der Waals surface area contributed by atoms with Gasteiger partial charge in [-0.2, -0.15) is 0 Å². The molecule has 1 aromatic carbocycles. The summed E-state index contributed by atoms with van der Waals surface area (Å²) < 4.78 is 23.1. The van der Waals surface area contributed by atoms with Crippen molar-refractivity contribution in [1.29, 1.82) is 0 Å². The Bertz CT molecular complexity index is 358. The summed E-state index contributed by atoms with van der Waals surface area (Å²) in [6, 6.07) is 4.72. The van der Waals surface area contributed by atoms with Crippen molar-refractivity contribution in [2.75, 3.05) is 20.8 Å². The van der Waals surface area contributed by atoms with Gasteiger partial charge in [-0.25, -0.2) is 4.39 Å². The van der Waals surface area contributed by atoms with Crippen LogP contribution in [-0.4, -0.2) is 27.1 Å². The molecule has 1 atom stereocenters. The molecule has 0 heterocycles. The second-order valence-electron chi connectivity index (χ2n) is 3.70. The van der Waals surface area contributed by atoms with Crippen molar-refractivity contribution < 1.29 is 13.9 Å². The number of benzene rings is 1. The van der Waals surface area contributed by atoms with E-state index in [-0.39, 0.29) is 17.4 Å². The van der Waals surface area contributed by atoms with Crippen molar-refractivity contribution in [3.63, 3.8) is 0 Å². The molecule has 0 radical (unpaired) electrons. The Hall–Kier alpha value is -0.680. The first kappa shape index (κ1) is 14.4. The first-order chi connectivity index (χ1) is 8.08. The Morgan fingerprint density at radius 2 is 2.00 bits per heavy atom. The first-order valence-electron chi connectivity index (χ1n) is 5.32. The fraction of sp³-hybridized carbons (Fsp3) is 0.500. The van der Waals surface area contributed by atoms with Gasteiger partial charge in [-0.3, -0.25) is 0 Å². The molecule has 1 rings (SSSR count). The quantitative estimate of drug-likeness (QED) is 0.799. The molecule has 1 aromatic rings. The zero-order chi connectivity index (χ0) is 12.8. The SMILES string of the molecule is COC(CNC(C)c1ccc(F)c(Cl)c1)OC. The van der Waals surface area contributed by atoms with E-state index >= 15 is 0 Å². The number of rotatable bonds is 6. The lowest BCUT2D eigenvalue weighted by Gasteiger charge is -2.19. The highest BCUT2D eigenvalue weighted by molar-refractivity contribution is 6.30. The van der Waals surface area contributed by atoms with Crippen LogP contribution >= 0.6 is 11.6 Å². The topological polar surface area (TPSA) is 30.5 Å². The highest BCUT2D eigenvalue weighted by Gasteiger charge is 2.11. The van der Waals surface area contributed by atoms with E-state index in [1.165, 1.54) is 6.07 Å². The van der Waals surface area contributed by atoms with Crippen LogP contribution in [0.2, 0.25) is 5.02 Å². The predicted molar refractivity (Wildman–Crippen MR) is 65.6 cm³/mol. The van der Waals surface area contributed by atoms with Gasteiger partial charge in [0.1, 0.15) is 5.82 Å². The van der Waals surface area contributed by atoms with E-state index in [9.17, 15) is 4.39 Å². The summed E-state index contributed by atoms with van der Waals surface area (Å²) >= 11 is 5.72. The van der Waals surface area contributed by atoms with E-state index in [1.54, 1.807) is 26.4 Å². The van der Waals surface area contributed by atoms with Crippen LogP contribution in [0, 0.1) is 5.82 Å². The highest BCUT2D eigenvalue weighted by atomic mass is 35.5. The minimum atomic E-state index is -0.408. The summed E-state index contributed by atoms with van der Waals surface area (Å²) in [5.41, 5.74) is 0.919. The van der Waals surface area contributed by atoms with Gasteiger partial charge >= 0.3 is 0 Å². The molecule has 1 N–H and O–H groups in total. The Labute approximate surface area is 106 Å². The van der Waals surface area contributed by atoms with Gasteiger partial charge in [0.2, 0.25) is 0 Å². The van der Waals surface area contributed by atoms with Gasteiger partial charge in [0.05, 0.1) is 5.02 Å². The maximum Gasteiger partial charge on any atom is 0.169 e. The molecule has 0 fully saturated rings. The van der Waals surface area contributed by atoms with Crippen LogP contribution in [0.1, 0.15) is 18.5 Å². The Morgan fingerprint density at radius 3 is 2.53 bits per heavy atom. The highest BCUT2D eigenvalue weighted by Crippen LogP contribution is 2.20. The van der Waals surface area contributed by atoms with Crippen molar-refractivity contribution in [3.8, 4) is 0 Å². The van der Waals surface area contributed by atoms with Crippen molar-refractivity contribution in [1.82, 2.24) is 5.32 Å². The average molecular weight is 262 g/mol. The number of hydrogen-bond donors (Lipinski definition) is 1. The molecule has 0 spiro atoms. The third kappa shape index (κ3) is 4.24. The van der Waals surface area contributed by atoms with E-state index in [1.807, 2.05) is 6.92 Å². The number of halogens is 2. The molecule has 0 aliphatic rings. The lowest BCUT2D eigenvalue weighted by molar-refractivity contribution is -0.0997. The van der Waals surface area contributed by atoms with Crippen LogP contribution in [0.4, 0.5) is 4.39 Å². The molecular weight excluding hydrogens is 245 g/mol.